The molecule has 4 rings (SSSR count). The lowest BCUT2D eigenvalue weighted by Crippen LogP contribution is -2.57. The van der Waals surface area contributed by atoms with Gasteiger partial charge >= 0.3 is 0 Å². The molecule has 1 unspecified atom stereocenters. The number of aliphatic hydroxyl groups excluding tert-OH is 3. The highest BCUT2D eigenvalue weighted by Gasteiger charge is 2.49. The number of aliphatic hydroxyl groups is 3. The van der Waals surface area contributed by atoms with Crippen LogP contribution in [0.15, 0.2) is 42.2 Å². The number of ether oxygens (including phenoxy) is 2. The standard InChI is InChI=1S/C27H36N4O6/c1-17(33)27(3)16-31(25(35)21(34)14-32)13-20(27)18-7-8-22(36-4)23(10-18)37-19-11-30(12-19)24-6-5-9-26(2,15-28)29-24/h5-10,17,19-21,29,32-34H,11-14,16H2,1-4H3/t17-,20+,21+,26?,27+/m1/s1. The molecule has 0 saturated carbocycles. The second kappa shape index (κ2) is 10.2. The first-order valence-corrected chi connectivity index (χ1v) is 12.5. The van der Waals surface area contributed by atoms with Crippen LogP contribution in [0.4, 0.5) is 0 Å². The highest BCUT2D eigenvalue weighted by molar-refractivity contribution is 5.81. The third-order valence-electron chi connectivity index (χ3n) is 7.83. The second-order valence-corrected chi connectivity index (χ2v) is 10.6. The van der Waals surface area contributed by atoms with Crippen molar-refractivity contribution in [3.63, 3.8) is 0 Å². The molecule has 2 saturated heterocycles. The van der Waals surface area contributed by atoms with Crippen molar-refractivity contribution in [3.8, 4) is 17.6 Å². The lowest BCUT2D eigenvalue weighted by atomic mass is 9.72. The molecule has 37 heavy (non-hydrogen) atoms. The van der Waals surface area contributed by atoms with Gasteiger partial charge in [-0.15, -0.1) is 0 Å². The lowest BCUT2D eigenvalue weighted by molar-refractivity contribution is -0.141. The van der Waals surface area contributed by atoms with Gasteiger partial charge in [-0.1, -0.05) is 19.1 Å². The van der Waals surface area contributed by atoms with E-state index in [0.717, 1.165) is 11.4 Å². The minimum Gasteiger partial charge on any atom is -0.493 e. The van der Waals surface area contributed by atoms with E-state index in [1.165, 1.54) is 4.90 Å². The molecule has 3 heterocycles. The van der Waals surface area contributed by atoms with Crippen molar-refractivity contribution in [1.82, 2.24) is 15.1 Å². The van der Waals surface area contributed by atoms with Crippen LogP contribution < -0.4 is 14.8 Å². The number of hydrogen-bond acceptors (Lipinski definition) is 9. The summed E-state index contributed by atoms with van der Waals surface area (Å²) in [6.45, 7) is 6.62. The van der Waals surface area contributed by atoms with Gasteiger partial charge in [0.05, 0.1) is 39.0 Å². The Labute approximate surface area is 217 Å². The fraction of sp³-hybridized carbons (Fsp3) is 0.556. The van der Waals surface area contributed by atoms with Gasteiger partial charge in [0.15, 0.2) is 17.6 Å². The Morgan fingerprint density at radius 3 is 2.62 bits per heavy atom. The number of allylic oxidation sites excluding steroid dienone is 2. The first kappa shape index (κ1) is 26.8. The van der Waals surface area contributed by atoms with E-state index in [9.17, 15) is 25.4 Å². The number of rotatable bonds is 8. The first-order chi connectivity index (χ1) is 17.5. The molecule has 0 aliphatic carbocycles. The molecule has 1 aromatic rings. The predicted molar refractivity (Wildman–Crippen MR) is 136 cm³/mol. The van der Waals surface area contributed by atoms with Crippen LogP contribution in [0.1, 0.15) is 32.3 Å². The number of carbonyl (C=O) groups is 1. The van der Waals surface area contributed by atoms with Crippen LogP contribution in [0.25, 0.3) is 0 Å². The van der Waals surface area contributed by atoms with E-state index >= 15 is 0 Å². The van der Waals surface area contributed by atoms with Gasteiger partial charge < -0.3 is 39.9 Å². The summed E-state index contributed by atoms with van der Waals surface area (Å²) >= 11 is 0. The number of nitrogens with one attached hydrogen (secondary N) is 1. The Hall–Kier alpha value is -3.26. The highest BCUT2D eigenvalue weighted by Crippen LogP contribution is 2.47. The second-order valence-electron chi connectivity index (χ2n) is 10.6. The third kappa shape index (κ3) is 5.12. The van der Waals surface area contributed by atoms with E-state index in [-0.39, 0.29) is 18.6 Å². The maximum absolute atomic E-state index is 12.6. The van der Waals surface area contributed by atoms with Crippen LogP contribution in [-0.2, 0) is 4.79 Å². The molecule has 10 heteroatoms. The Kier molecular flexibility index (Phi) is 7.42. The van der Waals surface area contributed by atoms with E-state index in [1.54, 1.807) is 14.0 Å². The van der Waals surface area contributed by atoms with Crippen molar-refractivity contribution in [2.75, 3.05) is 39.9 Å². The molecule has 0 spiro atoms. The molecule has 3 aliphatic heterocycles. The van der Waals surface area contributed by atoms with Crippen LogP contribution in [0.3, 0.4) is 0 Å². The largest absolute Gasteiger partial charge is 0.493 e. The minimum atomic E-state index is -1.48. The first-order valence-electron chi connectivity index (χ1n) is 12.5. The van der Waals surface area contributed by atoms with Crippen LogP contribution >= 0.6 is 0 Å². The van der Waals surface area contributed by atoms with Crippen LogP contribution in [-0.4, -0.2) is 94.8 Å². The number of dihydropyridines is 1. The summed E-state index contributed by atoms with van der Waals surface area (Å²) in [6, 6.07) is 7.90. The fourth-order valence-electron chi connectivity index (χ4n) is 5.20. The zero-order valence-electron chi connectivity index (χ0n) is 21.7. The molecule has 2 fully saturated rings. The van der Waals surface area contributed by atoms with Gasteiger partial charge in [0.1, 0.15) is 17.5 Å². The molecule has 3 aliphatic rings. The van der Waals surface area contributed by atoms with Crippen molar-refractivity contribution in [2.45, 2.75) is 50.5 Å². The maximum atomic E-state index is 12.6. The SMILES string of the molecule is COc1ccc([C@@H]2CN(C(=O)[C@@H](O)CO)C[C@@]2(C)[C@@H](C)O)cc1OC1CN(C2=CC=CC(C)(C#N)N2)C1. The summed E-state index contributed by atoms with van der Waals surface area (Å²) in [5, 5.41) is 42.4. The zero-order chi connectivity index (χ0) is 27.0. The third-order valence-corrected chi connectivity index (χ3v) is 7.83. The average molecular weight is 513 g/mol. The Morgan fingerprint density at radius 2 is 2.00 bits per heavy atom. The summed E-state index contributed by atoms with van der Waals surface area (Å²) in [5.41, 5.74) is -0.520. The van der Waals surface area contributed by atoms with Gasteiger partial charge in [0.25, 0.3) is 5.91 Å². The molecule has 1 aromatic carbocycles. The van der Waals surface area contributed by atoms with E-state index in [0.29, 0.717) is 31.1 Å². The van der Waals surface area contributed by atoms with Crippen molar-refractivity contribution in [3.05, 3.63) is 47.8 Å². The number of nitrogens with zero attached hydrogens (tertiary/aromatic N) is 3. The van der Waals surface area contributed by atoms with Gasteiger partial charge in [-0.2, -0.15) is 5.26 Å². The van der Waals surface area contributed by atoms with E-state index in [2.05, 4.69) is 16.3 Å². The van der Waals surface area contributed by atoms with Gasteiger partial charge in [0, 0.05) is 24.4 Å². The number of nitriles is 1. The summed E-state index contributed by atoms with van der Waals surface area (Å²) < 4.78 is 11.8. The Morgan fingerprint density at radius 1 is 1.27 bits per heavy atom. The van der Waals surface area contributed by atoms with Gasteiger partial charge in [-0.05, 0) is 43.7 Å². The van der Waals surface area contributed by atoms with Crippen LogP contribution in [0.5, 0.6) is 11.5 Å². The highest BCUT2D eigenvalue weighted by atomic mass is 16.5. The van der Waals surface area contributed by atoms with Gasteiger partial charge in [-0.25, -0.2) is 0 Å². The lowest BCUT2D eigenvalue weighted by Gasteiger charge is -2.44. The van der Waals surface area contributed by atoms with E-state index < -0.39 is 35.7 Å². The summed E-state index contributed by atoms with van der Waals surface area (Å²) in [4.78, 5) is 16.2. The zero-order valence-corrected chi connectivity index (χ0v) is 21.7. The summed E-state index contributed by atoms with van der Waals surface area (Å²) in [6.07, 6.45) is 3.35. The normalized spacial score (nSPS) is 29.0. The van der Waals surface area contributed by atoms with E-state index in [1.807, 2.05) is 50.3 Å². The smallest absolute Gasteiger partial charge is 0.253 e. The quantitative estimate of drug-likeness (QED) is 0.397. The molecular formula is C27H36N4O6. The Balaban J connectivity index is 1.50. The molecule has 10 nitrogen and oxygen atoms in total. The van der Waals surface area contributed by atoms with Crippen molar-refractivity contribution >= 4 is 5.91 Å². The number of carbonyl (C=O) groups excluding carboxylic acids is 1. The number of benzene rings is 1. The molecule has 4 N–H and O–H groups in total. The molecule has 1 amide bonds. The molecule has 200 valence electrons. The van der Waals surface area contributed by atoms with Gasteiger partial charge in [-0.3, -0.25) is 4.79 Å². The fourth-order valence-corrected chi connectivity index (χ4v) is 5.20. The van der Waals surface area contributed by atoms with Crippen molar-refractivity contribution < 1.29 is 29.6 Å². The number of hydrogen-bond donors (Lipinski definition) is 4. The number of methoxy groups -OCH3 is 1. The molecule has 0 radical (unpaired) electrons. The number of likely N-dealkylation sites (tertiary alicyclic amines) is 2. The number of amides is 1. The predicted octanol–water partition coefficient (Wildman–Crippen LogP) is 0.707. The monoisotopic (exact) mass is 512 g/mol. The molecular weight excluding hydrogens is 476 g/mol. The summed E-state index contributed by atoms with van der Waals surface area (Å²) in [7, 11) is 1.58. The molecule has 0 bridgehead atoms. The maximum Gasteiger partial charge on any atom is 0.253 e. The van der Waals surface area contributed by atoms with Crippen molar-refractivity contribution in [1.29, 1.82) is 5.26 Å². The molecule has 5 atom stereocenters. The molecule has 0 aromatic heterocycles. The minimum absolute atomic E-state index is 0.0874. The van der Waals surface area contributed by atoms with Gasteiger partial charge in [0.2, 0.25) is 0 Å². The Bertz CT molecular complexity index is 1120. The van der Waals surface area contributed by atoms with E-state index in [4.69, 9.17) is 9.47 Å². The summed E-state index contributed by atoms with van der Waals surface area (Å²) in [5.74, 6) is 1.26. The van der Waals surface area contributed by atoms with Crippen molar-refractivity contribution in [2.24, 2.45) is 5.41 Å². The topological polar surface area (TPSA) is 139 Å². The van der Waals surface area contributed by atoms with Crippen LogP contribution in [0, 0.1) is 16.7 Å². The van der Waals surface area contributed by atoms with Crippen LogP contribution in [0.2, 0.25) is 0 Å². The average Bonchev–Trinajstić information content (AvgIpc) is 3.23.